The Balaban J connectivity index is 1.47. The molecule has 1 saturated heterocycles. The van der Waals surface area contributed by atoms with Crippen LogP contribution in [0.3, 0.4) is 0 Å². The number of furan rings is 1. The van der Waals surface area contributed by atoms with Crippen LogP contribution < -0.4 is 10.2 Å². The van der Waals surface area contributed by atoms with E-state index in [9.17, 15) is 5.11 Å². The molecule has 0 aliphatic carbocycles. The van der Waals surface area contributed by atoms with E-state index in [0.717, 1.165) is 48.3 Å². The van der Waals surface area contributed by atoms with Gasteiger partial charge in [-0.2, -0.15) is 0 Å². The number of hydrogen-bond donors (Lipinski definition) is 2. The first-order valence-electron chi connectivity index (χ1n) is 8.99. The quantitative estimate of drug-likeness (QED) is 0.731. The highest BCUT2D eigenvalue weighted by atomic mass is 16.3. The van der Waals surface area contributed by atoms with Gasteiger partial charge in [0.05, 0.1) is 17.9 Å². The molecule has 4 nitrogen and oxygen atoms in total. The molecule has 1 aliphatic heterocycles. The van der Waals surface area contributed by atoms with Gasteiger partial charge in [0.2, 0.25) is 0 Å². The second-order valence-corrected chi connectivity index (χ2v) is 6.73. The van der Waals surface area contributed by atoms with Crippen LogP contribution in [0.1, 0.15) is 18.6 Å². The summed E-state index contributed by atoms with van der Waals surface area (Å²) in [5, 5.41) is 14.0. The van der Waals surface area contributed by atoms with E-state index < -0.39 is 0 Å². The largest absolute Gasteiger partial charge is 0.459 e. The molecule has 0 bridgehead atoms. The lowest BCUT2D eigenvalue weighted by Gasteiger charge is -2.34. The topological polar surface area (TPSA) is 48.6 Å². The number of aliphatic hydroxyl groups is 1. The van der Waals surface area contributed by atoms with Crippen molar-refractivity contribution in [2.75, 3.05) is 29.9 Å². The van der Waals surface area contributed by atoms with Gasteiger partial charge in [-0.05, 0) is 43.0 Å². The number of hydrogen-bond acceptors (Lipinski definition) is 4. The van der Waals surface area contributed by atoms with Crippen molar-refractivity contribution in [3.05, 3.63) is 60.4 Å². The molecule has 2 aromatic carbocycles. The van der Waals surface area contributed by atoms with E-state index in [2.05, 4.69) is 46.6 Å². The molecule has 4 rings (SSSR count). The normalized spacial score (nSPS) is 15.6. The Morgan fingerprint density at radius 2 is 1.80 bits per heavy atom. The fraction of sp³-hybridized carbons (Fsp3) is 0.333. The van der Waals surface area contributed by atoms with Crippen LogP contribution in [-0.2, 0) is 6.54 Å². The summed E-state index contributed by atoms with van der Waals surface area (Å²) < 4.78 is 5.90. The number of nitrogens with one attached hydrogen (secondary N) is 1. The summed E-state index contributed by atoms with van der Waals surface area (Å²) in [7, 11) is 0. The van der Waals surface area contributed by atoms with Crippen molar-refractivity contribution < 1.29 is 9.52 Å². The molecule has 0 atom stereocenters. The maximum atomic E-state index is 9.33. The molecule has 0 saturated carbocycles. The lowest BCUT2D eigenvalue weighted by molar-refractivity contribution is 0.203. The fourth-order valence-electron chi connectivity index (χ4n) is 3.56. The minimum absolute atomic E-state index is 0.305. The number of piperidine rings is 1. The number of nitrogens with zero attached hydrogens (tertiary/aromatic N) is 1. The van der Waals surface area contributed by atoms with Crippen LogP contribution in [0.25, 0.3) is 11.0 Å². The van der Waals surface area contributed by atoms with Crippen molar-refractivity contribution in [3.8, 4) is 0 Å². The minimum atomic E-state index is 0.305. The summed E-state index contributed by atoms with van der Waals surface area (Å²) in [4.78, 5) is 2.41. The molecule has 1 aromatic heterocycles. The third-order valence-electron chi connectivity index (χ3n) is 5.05. The van der Waals surface area contributed by atoms with Gasteiger partial charge in [0.15, 0.2) is 0 Å². The van der Waals surface area contributed by atoms with E-state index >= 15 is 0 Å². The zero-order valence-corrected chi connectivity index (χ0v) is 14.3. The molecular weight excluding hydrogens is 312 g/mol. The Labute approximate surface area is 148 Å². The van der Waals surface area contributed by atoms with Crippen molar-refractivity contribution in [2.24, 2.45) is 5.92 Å². The second-order valence-electron chi connectivity index (χ2n) is 6.73. The van der Waals surface area contributed by atoms with Gasteiger partial charge in [-0.3, -0.25) is 0 Å². The minimum Gasteiger partial charge on any atom is -0.459 e. The van der Waals surface area contributed by atoms with Gasteiger partial charge in [0, 0.05) is 25.1 Å². The number of aliphatic hydroxyl groups excluding tert-OH is 1. The Bertz CT molecular complexity index is 802. The SMILES string of the molecule is OCC1CCN(c2ccccc2NCc2cc3ccccc3o2)CC1. The molecule has 0 unspecified atom stereocenters. The molecule has 2 heterocycles. The molecule has 25 heavy (non-hydrogen) atoms. The summed E-state index contributed by atoms with van der Waals surface area (Å²) in [6.07, 6.45) is 2.10. The first-order chi connectivity index (χ1) is 12.3. The molecular formula is C21H24N2O2. The van der Waals surface area contributed by atoms with E-state index in [-0.39, 0.29) is 0 Å². The van der Waals surface area contributed by atoms with E-state index in [1.54, 1.807) is 0 Å². The molecule has 0 radical (unpaired) electrons. The number of benzene rings is 2. The van der Waals surface area contributed by atoms with E-state index in [1.807, 2.05) is 18.2 Å². The summed E-state index contributed by atoms with van der Waals surface area (Å²) >= 11 is 0. The Morgan fingerprint density at radius 3 is 2.60 bits per heavy atom. The van der Waals surface area contributed by atoms with Gasteiger partial charge in [0.1, 0.15) is 11.3 Å². The van der Waals surface area contributed by atoms with Crippen molar-refractivity contribution in [1.29, 1.82) is 0 Å². The highest BCUT2D eigenvalue weighted by molar-refractivity contribution is 5.78. The number of para-hydroxylation sites is 3. The van der Waals surface area contributed by atoms with Gasteiger partial charge in [0.25, 0.3) is 0 Å². The van der Waals surface area contributed by atoms with Crippen LogP contribution in [0.4, 0.5) is 11.4 Å². The first kappa shape index (κ1) is 16.0. The van der Waals surface area contributed by atoms with Crippen molar-refractivity contribution in [1.82, 2.24) is 0 Å². The molecule has 4 heteroatoms. The zero-order chi connectivity index (χ0) is 17.1. The zero-order valence-electron chi connectivity index (χ0n) is 14.3. The highest BCUT2D eigenvalue weighted by Crippen LogP contribution is 2.30. The van der Waals surface area contributed by atoms with Crippen LogP contribution >= 0.6 is 0 Å². The standard InChI is InChI=1S/C21H24N2O2/c24-15-16-9-11-23(12-10-16)20-7-3-2-6-19(20)22-14-18-13-17-5-1-4-8-21(17)25-18/h1-8,13,16,22,24H,9-12,14-15H2. The maximum Gasteiger partial charge on any atom is 0.134 e. The molecule has 130 valence electrons. The highest BCUT2D eigenvalue weighted by Gasteiger charge is 2.20. The third-order valence-corrected chi connectivity index (χ3v) is 5.05. The summed E-state index contributed by atoms with van der Waals surface area (Å²) in [6.45, 7) is 2.96. The van der Waals surface area contributed by atoms with Gasteiger partial charge in [-0.1, -0.05) is 30.3 Å². The van der Waals surface area contributed by atoms with Crippen LogP contribution in [-0.4, -0.2) is 24.8 Å². The van der Waals surface area contributed by atoms with Gasteiger partial charge >= 0.3 is 0 Å². The lowest BCUT2D eigenvalue weighted by Crippen LogP contribution is -2.35. The van der Waals surface area contributed by atoms with Crippen LogP contribution in [0, 0.1) is 5.92 Å². The summed E-state index contributed by atoms with van der Waals surface area (Å²) in [5.74, 6) is 1.39. The first-order valence-corrected chi connectivity index (χ1v) is 8.99. The molecule has 0 amide bonds. The van der Waals surface area contributed by atoms with Crippen LogP contribution in [0.5, 0.6) is 0 Å². The van der Waals surface area contributed by atoms with Gasteiger partial charge in [-0.25, -0.2) is 0 Å². The summed E-state index contributed by atoms with van der Waals surface area (Å²) in [5.41, 5.74) is 3.29. The van der Waals surface area contributed by atoms with E-state index in [1.165, 1.54) is 5.69 Å². The Hall–Kier alpha value is -2.46. The molecule has 0 spiro atoms. The lowest BCUT2D eigenvalue weighted by atomic mass is 9.97. The molecule has 1 fully saturated rings. The van der Waals surface area contributed by atoms with E-state index in [4.69, 9.17) is 4.42 Å². The smallest absolute Gasteiger partial charge is 0.134 e. The fourth-order valence-corrected chi connectivity index (χ4v) is 3.56. The van der Waals surface area contributed by atoms with Crippen molar-refractivity contribution in [2.45, 2.75) is 19.4 Å². The van der Waals surface area contributed by atoms with Gasteiger partial charge < -0.3 is 19.7 Å². The summed E-state index contributed by atoms with van der Waals surface area (Å²) in [6, 6.07) is 18.6. The van der Waals surface area contributed by atoms with Gasteiger partial charge in [-0.15, -0.1) is 0 Å². The number of fused-ring (bicyclic) bond motifs is 1. The Kier molecular flexibility index (Phi) is 4.61. The molecule has 2 N–H and O–H groups in total. The van der Waals surface area contributed by atoms with E-state index in [0.29, 0.717) is 19.1 Å². The third kappa shape index (κ3) is 3.49. The monoisotopic (exact) mass is 336 g/mol. The number of anilines is 2. The average molecular weight is 336 g/mol. The van der Waals surface area contributed by atoms with Crippen LogP contribution in [0.2, 0.25) is 0 Å². The molecule has 3 aromatic rings. The maximum absolute atomic E-state index is 9.33. The number of rotatable bonds is 5. The predicted octanol–water partition coefficient (Wildman–Crippen LogP) is 4.25. The average Bonchev–Trinajstić information content (AvgIpc) is 3.10. The van der Waals surface area contributed by atoms with Crippen molar-refractivity contribution >= 4 is 22.3 Å². The second kappa shape index (κ2) is 7.19. The van der Waals surface area contributed by atoms with Crippen molar-refractivity contribution in [3.63, 3.8) is 0 Å². The predicted molar refractivity (Wildman–Crippen MR) is 102 cm³/mol. The van der Waals surface area contributed by atoms with Crippen LogP contribution in [0.15, 0.2) is 59.0 Å². The molecule has 1 aliphatic rings. The Morgan fingerprint density at radius 1 is 1.04 bits per heavy atom.